The quantitative estimate of drug-likeness (QED) is 0.452. The number of carbonyl (C=O) groups is 1. The van der Waals surface area contributed by atoms with Crippen LogP contribution in [0, 0.1) is 0 Å². The normalized spacial score (nSPS) is 10.2. The van der Waals surface area contributed by atoms with Gasteiger partial charge in [0.2, 0.25) is 5.91 Å². The van der Waals surface area contributed by atoms with Gasteiger partial charge in [0, 0.05) is 13.0 Å². The van der Waals surface area contributed by atoms with Gasteiger partial charge < -0.3 is 10.1 Å². The summed E-state index contributed by atoms with van der Waals surface area (Å²) < 4.78 is 5.11. The molecule has 0 saturated carbocycles. The zero-order valence-electron chi connectivity index (χ0n) is 13.8. The fourth-order valence-corrected chi connectivity index (χ4v) is 2.31. The number of hydrogen-bond donors (Lipinski definition) is 1. The predicted octanol–water partition coefficient (Wildman–Crippen LogP) is 4.62. The van der Waals surface area contributed by atoms with Gasteiger partial charge in [-0.25, -0.2) is 0 Å². The van der Waals surface area contributed by atoms with Gasteiger partial charge in [0.25, 0.3) is 0 Å². The Kier molecular flexibility index (Phi) is 9.84. The Morgan fingerprint density at radius 3 is 2.36 bits per heavy atom. The molecule has 0 heterocycles. The molecular weight excluding hydrogens is 274 g/mol. The molecule has 0 atom stereocenters. The molecule has 1 aromatic rings. The van der Waals surface area contributed by atoms with Gasteiger partial charge in [-0.2, -0.15) is 0 Å². The van der Waals surface area contributed by atoms with Gasteiger partial charge >= 0.3 is 0 Å². The summed E-state index contributed by atoms with van der Waals surface area (Å²) in [4.78, 5) is 11.8. The highest BCUT2D eigenvalue weighted by Gasteiger charge is 2.01. The minimum atomic E-state index is 0.141. The molecule has 0 saturated heterocycles. The third kappa shape index (κ3) is 8.50. The van der Waals surface area contributed by atoms with Crippen molar-refractivity contribution in [2.75, 3.05) is 7.11 Å². The van der Waals surface area contributed by atoms with Crippen molar-refractivity contribution in [1.82, 2.24) is 5.32 Å². The summed E-state index contributed by atoms with van der Waals surface area (Å²) in [5.41, 5.74) is 1.09. The molecule has 22 heavy (non-hydrogen) atoms. The number of allylic oxidation sites excluding steroid dienone is 1. The Balaban J connectivity index is 2.02. The average molecular weight is 303 g/mol. The molecule has 0 aliphatic carbocycles. The number of amides is 1. The molecule has 1 amide bonds. The van der Waals surface area contributed by atoms with Crippen LogP contribution in [0.1, 0.15) is 56.9 Å². The first kappa shape index (κ1) is 18.3. The van der Waals surface area contributed by atoms with Gasteiger partial charge in [-0.05, 0) is 37.0 Å². The van der Waals surface area contributed by atoms with Crippen LogP contribution in [-0.4, -0.2) is 13.0 Å². The van der Waals surface area contributed by atoms with E-state index >= 15 is 0 Å². The van der Waals surface area contributed by atoms with Crippen molar-refractivity contribution < 1.29 is 9.53 Å². The van der Waals surface area contributed by atoms with Crippen molar-refractivity contribution >= 4 is 5.91 Å². The van der Waals surface area contributed by atoms with E-state index in [4.69, 9.17) is 4.74 Å². The zero-order valence-corrected chi connectivity index (χ0v) is 13.8. The maximum atomic E-state index is 11.8. The molecule has 1 N–H and O–H groups in total. The number of ether oxygens (including phenoxy) is 1. The molecule has 3 heteroatoms. The highest BCUT2D eigenvalue weighted by Crippen LogP contribution is 2.11. The number of methoxy groups -OCH3 is 1. The van der Waals surface area contributed by atoms with Gasteiger partial charge in [0.15, 0.2) is 0 Å². The van der Waals surface area contributed by atoms with E-state index in [9.17, 15) is 4.79 Å². The Morgan fingerprint density at radius 1 is 1.09 bits per heavy atom. The van der Waals surface area contributed by atoms with Crippen LogP contribution in [0.25, 0.3) is 0 Å². The summed E-state index contributed by atoms with van der Waals surface area (Å²) in [7, 11) is 1.65. The van der Waals surface area contributed by atoms with E-state index in [2.05, 4.69) is 11.9 Å². The van der Waals surface area contributed by atoms with E-state index in [0.29, 0.717) is 13.0 Å². The van der Waals surface area contributed by atoms with E-state index in [1.807, 2.05) is 30.3 Å². The van der Waals surface area contributed by atoms with Crippen molar-refractivity contribution in [2.45, 2.75) is 57.9 Å². The molecular formula is C19H29NO2. The Hall–Kier alpha value is -1.77. The first-order chi connectivity index (χ1) is 10.8. The largest absolute Gasteiger partial charge is 0.497 e. The molecule has 1 rings (SSSR count). The van der Waals surface area contributed by atoms with E-state index < -0.39 is 0 Å². The number of rotatable bonds is 12. The number of hydrogen-bond acceptors (Lipinski definition) is 2. The molecule has 0 bridgehead atoms. The summed E-state index contributed by atoms with van der Waals surface area (Å²) in [6, 6.07) is 7.77. The zero-order chi connectivity index (χ0) is 16.0. The molecule has 0 aliphatic rings. The third-order valence-electron chi connectivity index (χ3n) is 3.71. The smallest absolute Gasteiger partial charge is 0.220 e. The topological polar surface area (TPSA) is 38.3 Å². The fourth-order valence-electron chi connectivity index (χ4n) is 2.31. The van der Waals surface area contributed by atoms with Crippen LogP contribution in [0.2, 0.25) is 0 Å². The number of nitrogens with one attached hydrogen (secondary N) is 1. The molecule has 1 aromatic carbocycles. The first-order valence-corrected chi connectivity index (χ1v) is 8.27. The predicted molar refractivity (Wildman–Crippen MR) is 92.0 cm³/mol. The lowest BCUT2D eigenvalue weighted by Crippen LogP contribution is -2.22. The van der Waals surface area contributed by atoms with Crippen molar-refractivity contribution in [2.24, 2.45) is 0 Å². The summed E-state index contributed by atoms with van der Waals surface area (Å²) in [6.07, 6.45) is 10.9. The van der Waals surface area contributed by atoms with Crippen LogP contribution in [0.15, 0.2) is 36.9 Å². The van der Waals surface area contributed by atoms with Gasteiger partial charge in [-0.3, -0.25) is 4.79 Å². The molecule has 0 spiro atoms. The van der Waals surface area contributed by atoms with Crippen LogP contribution in [-0.2, 0) is 11.3 Å². The third-order valence-corrected chi connectivity index (χ3v) is 3.71. The summed E-state index contributed by atoms with van der Waals surface area (Å²) in [6.45, 7) is 4.31. The van der Waals surface area contributed by atoms with Crippen LogP contribution >= 0.6 is 0 Å². The molecule has 3 nitrogen and oxygen atoms in total. The van der Waals surface area contributed by atoms with Crippen molar-refractivity contribution in [3.05, 3.63) is 42.5 Å². The van der Waals surface area contributed by atoms with Crippen LogP contribution in [0.4, 0.5) is 0 Å². The van der Waals surface area contributed by atoms with E-state index in [1.54, 1.807) is 7.11 Å². The SMILES string of the molecule is C=CCCCCCCCCC(=O)NCc1ccc(OC)cc1. The summed E-state index contributed by atoms with van der Waals surface area (Å²) in [5, 5.41) is 2.96. The fraction of sp³-hybridized carbons (Fsp3) is 0.526. The second-order valence-corrected chi connectivity index (χ2v) is 5.57. The number of carbonyl (C=O) groups excluding carboxylic acids is 1. The second-order valence-electron chi connectivity index (χ2n) is 5.57. The Morgan fingerprint density at radius 2 is 1.73 bits per heavy atom. The van der Waals surface area contributed by atoms with E-state index in [-0.39, 0.29) is 5.91 Å². The monoisotopic (exact) mass is 303 g/mol. The standard InChI is InChI=1S/C19H29NO2/c1-3-4-5-6-7-8-9-10-11-19(21)20-16-17-12-14-18(22-2)15-13-17/h3,12-15H,1,4-11,16H2,2H3,(H,20,21). The van der Waals surface area contributed by atoms with Gasteiger partial charge in [0.05, 0.1) is 7.11 Å². The Labute approximate surface area is 134 Å². The van der Waals surface area contributed by atoms with E-state index in [1.165, 1.54) is 25.7 Å². The van der Waals surface area contributed by atoms with Gasteiger partial charge in [0.1, 0.15) is 5.75 Å². The highest BCUT2D eigenvalue weighted by atomic mass is 16.5. The lowest BCUT2D eigenvalue weighted by atomic mass is 10.1. The number of benzene rings is 1. The van der Waals surface area contributed by atoms with Crippen molar-refractivity contribution in [3.63, 3.8) is 0 Å². The lowest BCUT2D eigenvalue weighted by molar-refractivity contribution is -0.121. The van der Waals surface area contributed by atoms with Gasteiger partial charge in [-0.15, -0.1) is 6.58 Å². The van der Waals surface area contributed by atoms with Crippen molar-refractivity contribution in [3.8, 4) is 5.75 Å². The van der Waals surface area contributed by atoms with Crippen molar-refractivity contribution in [1.29, 1.82) is 0 Å². The summed E-state index contributed by atoms with van der Waals surface area (Å²) in [5.74, 6) is 0.977. The highest BCUT2D eigenvalue weighted by molar-refractivity contribution is 5.75. The molecule has 0 fully saturated rings. The average Bonchev–Trinajstić information content (AvgIpc) is 2.56. The first-order valence-electron chi connectivity index (χ1n) is 8.27. The van der Waals surface area contributed by atoms with Crippen LogP contribution in [0.5, 0.6) is 5.75 Å². The minimum absolute atomic E-state index is 0.141. The maximum absolute atomic E-state index is 11.8. The number of unbranched alkanes of at least 4 members (excludes halogenated alkanes) is 6. The molecule has 0 radical (unpaired) electrons. The molecule has 0 aliphatic heterocycles. The minimum Gasteiger partial charge on any atom is -0.497 e. The molecule has 0 aromatic heterocycles. The molecule has 0 unspecified atom stereocenters. The van der Waals surface area contributed by atoms with E-state index in [0.717, 1.165) is 30.6 Å². The lowest BCUT2D eigenvalue weighted by Gasteiger charge is -2.06. The van der Waals surface area contributed by atoms with Gasteiger partial charge in [-0.1, -0.05) is 43.9 Å². The Bertz CT molecular complexity index is 426. The summed E-state index contributed by atoms with van der Waals surface area (Å²) >= 11 is 0. The molecule has 122 valence electrons. The maximum Gasteiger partial charge on any atom is 0.220 e. The van der Waals surface area contributed by atoms with Crippen LogP contribution < -0.4 is 10.1 Å². The second kappa shape index (κ2) is 11.8. The van der Waals surface area contributed by atoms with Crippen LogP contribution in [0.3, 0.4) is 0 Å².